The molecule has 0 aliphatic heterocycles. The molecule has 0 spiro atoms. The van der Waals surface area contributed by atoms with Gasteiger partial charge in [0, 0.05) is 7.11 Å². The van der Waals surface area contributed by atoms with Crippen molar-refractivity contribution in [2.75, 3.05) is 12.9 Å². The van der Waals surface area contributed by atoms with E-state index < -0.39 is 15.7 Å². The molecular formula is C8H16O5S. The van der Waals surface area contributed by atoms with Gasteiger partial charge in [-0.05, 0) is 19.3 Å². The molecule has 0 fully saturated rings. The number of carbonyl (C=O) groups is 1. The van der Waals surface area contributed by atoms with Crippen LogP contribution in [-0.4, -0.2) is 37.7 Å². The van der Waals surface area contributed by atoms with Crippen molar-refractivity contribution in [3.63, 3.8) is 0 Å². The number of hydrogen-bond donors (Lipinski definition) is 1. The molecule has 5 nitrogen and oxygen atoms in total. The van der Waals surface area contributed by atoms with Crippen LogP contribution in [0.5, 0.6) is 0 Å². The Kier molecular flexibility index (Phi) is 5.25. The van der Waals surface area contributed by atoms with Gasteiger partial charge in [0.25, 0.3) is 10.1 Å². The minimum Gasteiger partial charge on any atom is -0.371 e. The fourth-order valence-corrected chi connectivity index (χ4v) is 1.68. The SMILES string of the molecule is CCC(C=O)(CCCS(=O)(=O)O)OC. The molecule has 0 saturated carbocycles. The van der Waals surface area contributed by atoms with Crippen LogP contribution in [0.25, 0.3) is 0 Å². The minimum atomic E-state index is -3.94. The predicted molar refractivity (Wildman–Crippen MR) is 51.7 cm³/mol. The van der Waals surface area contributed by atoms with Gasteiger partial charge >= 0.3 is 0 Å². The van der Waals surface area contributed by atoms with Crippen LogP contribution in [0.2, 0.25) is 0 Å². The average molecular weight is 224 g/mol. The Labute approximate surface area is 84.2 Å². The number of rotatable bonds is 7. The first kappa shape index (κ1) is 13.5. The molecule has 0 saturated heterocycles. The summed E-state index contributed by atoms with van der Waals surface area (Å²) >= 11 is 0. The van der Waals surface area contributed by atoms with Gasteiger partial charge in [-0.1, -0.05) is 6.92 Å². The molecule has 6 heteroatoms. The molecule has 1 N–H and O–H groups in total. The highest BCUT2D eigenvalue weighted by molar-refractivity contribution is 7.85. The maximum Gasteiger partial charge on any atom is 0.264 e. The summed E-state index contributed by atoms with van der Waals surface area (Å²) in [6.07, 6.45) is 1.66. The Hall–Kier alpha value is -0.460. The van der Waals surface area contributed by atoms with E-state index in [1.807, 2.05) is 0 Å². The average Bonchev–Trinajstić information content (AvgIpc) is 2.11. The molecule has 0 radical (unpaired) electrons. The minimum absolute atomic E-state index is 0.208. The fourth-order valence-electron chi connectivity index (χ4n) is 1.17. The first-order valence-corrected chi connectivity index (χ1v) is 5.96. The molecule has 0 aliphatic rings. The van der Waals surface area contributed by atoms with Gasteiger partial charge in [-0.15, -0.1) is 0 Å². The van der Waals surface area contributed by atoms with Gasteiger partial charge in [-0.2, -0.15) is 8.42 Å². The maximum absolute atomic E-state index is 10.7. The second-order valence-electron chi connectivity index (χ2n) is 3.13. The van der Waals surface area contributed by atoms with Gasteiger partial charge in [-0.3, -0.25) is 4.55 Å². The molecule has 0 aromatic rings. The Bertz CT molecular complexity index is 265. The van der Waals surface area contributed by atoms with Crippen molar-refractivity contribution in [2.45, 2.75) is 31.8 Å². The Balaban J connectivity index is 4.14. The second kappa shape index (κ2) is 5.43. The van der Waals surface area contributed by atoms with Crippen LogP contribution in [0.15, 0.2) is 0 Å². The van der Waals surface area contributed by atoms with Crippen molar-refractivity contribution in [1.82, 2.24) is 0 Å². The monoisotopic (exact) mass is 224 g/mol. The van der Waals surface area contributed by atoms with Crippen molar-refractivity contribution in [3.8, 4) is 0 Å². The molecular weight excluding hydrogens is 208 g/mol. The van der Waals surface area contributed by atoms with E-state index in [1.54, 1.807) is 6.92 Å². The summed E-state index contributed by atoms with van der Waals surface area (Å²) in [5, 5.41) is 0. The Morgan fingerprint density at radius 3 is 2.36 bits per heavy atom. The zero-order valence-corrected chi connectivity index (χ0v) is 9.21. The van der Waals surface area contributed by atoms with Crippen molar-refractivity contribution >= 4 is 16.4 Å². The zero-order chi connectivity index (χ0) is 11.2. The molecule has 0 aliphatic carbocycles. The Morgan fingerprint density at radius 1 is 1.50 bits per heavy atom. The predicted octanol–water partition coefficient (Wildman–Crippen LogP) is 0.649. The summed E-state index contributed by atoms with van der Waals surface area (Å²) in [7, 11) is -2.53. The summed E-state index contributed by atoms with van der Waals surface area (Å²) in [5.41, 5.74) is -0.912. The summed E-state index contributed by atoms with van der Waals surface area (Å²) < 4.78 is 34.3. The lowest BCUT2D eigenvalue weighted by Gasteiger charge is -2.24. The molecule has 0 amide bonds. The topological polar surface area (TPSA) is 80.7 Å². The van der Waals surface area contributed by atoms with E-state index in [1.165, 1.54) is 7.11 Å². The van der Waals surface area contributed by atoms with E-state index in [0.717, 1.165) is 0 Å². The lowest BCUT2D eigenvalue weighted by atomic mass is 9.97. The first-order valence-electron chi connectivity index (χ1n) is 4.36. The molecule has 1 unspecified atom stereocenters. The fraction of sp³-hybridized carbons (Fsp3) is 0.875. The summed E-state index contributed by atoms with van der Waals surface area (Å²) in [5.74, 6) is -0.341. The first-order chi connectivity index (χ1) is 6.39. The third kappa shape index (κ3) is 4.69. The van der Waals surface area contributed by atoms with E-state index >= 15 is 0 Å². The number of aldehydes is 1. The van der Waals surface area contributed by atoms with Crippen LogP contribution < -0.4 is 0 Å². The molecule has 0 bridgehead atoms. The van der Waals surface area contributed by atoms with Crippen molar-refractivity contribution in [3.05, 3.63) is 0 Å². The second-order valence-corrected chi connectivity index (χ2v) is 4.70. The lowest BCUT2D eigenvalue weighted by molar-refractivity contribution is -0.128. The number of hydrogen-bond acceptors (Lipinski definition) is 4. The van der Waals surface area contributed by atoms with E-state index in [4.69, 9.17) is 9.29 Å². The Morgan fingerprint density at radius 2 is 2.07 bits per heavy atom. The summed E-state index contributed by atoms with van der Waals surface area (Å²) in [4.78, 5) is 10.7. The van der Waals surface area contributed by atoms with Crippen molar-refractivity contribution in [1.29, 1.82) is 0 Å². The summed E-state index contributed by atoms with van der Waals surface area (Å²) in [6.45, 7) is 1.78. The van der Waals surface area contributed by atoms with Crippen molar-refractivity contribution < 1.29 is 22.5 Å². The van der Waals surface area contributed by atoms with E-state index in [-0.39, 0.29) is 12.2 Å². The van der Waals surface area contributed by atoms with Crippen LogP contribution in [0, 0.1) is 0 Å². The van der Waals surface area contributed by atoms with Gasteiger partial charge in [0.1, 0.15) is 5.60 Å². The molecule has 0 rings (SSSR count). The van der Waals surface area contributed by atoms with Gasteiger partial charge < -0.3 is 9.53 Å². The van der Waals surface area contributed by atoms with Crippen LogP contribution >= 0.6 is 0 Å². The highest BCUT2D eigenvalue weighted by atomic mass is 32.2. The molecule has 0 aromatic carbocycles. The van der Waals surface area contributed by atoms with E-state index in [2.05, 4.69) is 0 Å². The van der Waals surface area contributed by atoms with Gasteiger partial charge in [-0.25, -0.2) is 0 Å². The van der Waals surface area contributed by atoms with Gasteiger partial charge in [0.15, 0.2) is 6.29 Å². The van der Waals surface area contributed by atoms with Crippen LogP contribution in [0.4, 0.5) is 0 Å². The molecule has 0 heterocycles. The lowest BCUT2D eigenvalue weighted by Crippen LogP contribution is -2.32. The summed E-state index contributed by atoms with van der Waals surface area (Å²) in [6, 6.07) is 0. The van der Waals surface area contributed by atoms with Gasteiger partial charge in [0.05, 0.1) is 5.75 Å². The molecule has 1 atom stereocenters. The van der Waals surface area contributed by atoms with Crippen LogP contribution in [0.3, 0.4) is 0 Å². The molecule has 14 heavy (non-hydrogen) atoms. The van der Waals surface area contributed by atoms with E-state index in [0.29, 0.717) is 19.1 Å². The van der Waals surface area contributed by atoms with Crippen LogP contribution in [-0.2, 0) is 19.6 Å². The van der Waals surface area contributed by atoms with Gasteiger partial charge in [0.2, 0.25) is 0 Å². The number of ether oxygens (including phenoxy) is 1. The third-order valence-corrected chi connectivity index (χ3v) is 3.03. The highest BCUT2D eigenvalue weighted by Crippen LogP contribution is 2.19. The highest BCUT2D eigenvalue weighted by Gasteiger charge is 2.26. The molecule has 0 aromatic heterocycles. The number of carbonyl (C=O) groups excluding carboxylic acids is 1. The van der Waals surface area contributed by atoms with Crippen LogP contribution in [0.1, 0.15) is 26.2 Å². The quantitative estimate of drug-likeness (QED) is 0.507. The maximum atomic E-state index is 10.7. The normalized spacial score (nSPS) is 16.2. The van der Waals surface area contributed by atoms with Crippen molar-refractivity contribution in [2.24, 2.45) is 0 Å². The molecule has 84 valence electrons. The largest absolute Gasteiger partial charge is 0.371 e. The number of methoxy groups -OCH3 is 1. The van der Waals surface area contributed by atoms with E-state index in [9.17, 15) is 13.2 Å². The smallest absolute Gasteiger partial charge is 0.264 e. The third-order valence-electron chi connectivity index (χ3n) is 2.22. The standard InChI is InChI=1S/C8H16O5S/c1-3-8(7-9,13-2)5-4-6-14(10,11)12/h7H,3-6H2,1-2H3,(H,10,11,12). The zero-order valence-electron chi connectivity index (χ0n) is 8.39.